The molecular weight excluding hydrogens is 250 g/mol. The topological polar surface area (TPSA) is 37.3 Å². The lowest BCUT2D eigenvalue weighted by Gasteiger charge is -2.36. The third-order valence-corrected chi connectivity index (χ3v) is 5.39. The zero-order valence-corrected chi connectivity index (χ0v) is 11.4. The molecule has 1 saturated heterocycles. The van der Waals surface area contributed by atoms with Gasteiger partial charge in [0.2, 0.25) is 0 Å². The Labute approximate surface area is 110 Å². The van der Waals surface area contributed by atoms with Crippen LogP contribution in [0, 0.1) is 5.92 Å². The van der Waals surface area contributed by atoms with Gasteiger partial charge in [0.15, 0.2) is 5.17 Å². The Kier molecular flexibility index (Phi) is 3.66. The van der Waals surface area contributed by atoms with Gasteiger partial charge in [0.1, 0.15) is 0 Å². The number of amidine groups is 1. The molecule has 0 aromatic carbocycles. The van der Waals surface area contributed by atoms with Crippen molar-refractivity contribution >= 4 is 28.3 Å². The van der Waals surface area contributed by atoms with Crippen molar-refractivity contribution in [1.82, 2.24) is 10.3 Å². The summed E-state index contributed by atoms with van der Waals surface area (Å²) in [5.74, 6) is 2.12. The number of nitrogens with zero attached hydrogens (tertiary/aromatic N) is 2. The number of nitrogens with one attached hydrogen (secondary N) is 1. The molecule has 3 rings (SSSR count). The molecule has 17 heavy (non-hydrogen) atoms. The van der Waals surface area contributed by atoms with Crippen LogP contribution < -0.4 is 5.32 Å². The van der Waals surface area contributed by atoms with Crippen molar-refractivity contribution < 1.29 is 0 Å². The molecule has 2 fully saturated rings. The van der Waals surface area contributed by atoms with Crippen molar-refractivity contribution in [3.05, 3.63) is 16.6 Å². The van der Waals surface area contributed by atoms with Gasteiger partial charge in [-0.05, 0) is 18.8 Å². The predicted molar refractivity (Wildman–Crippen MR) is 74.6 cm³/mol. The highest BCUT2D eigenvalue weighted by Crippen LogP contribution is 2.31. The highest BCUT2D eigenvalue weighted by molar-refractivity contribution is 8.13. The van der Waals surface area contributed by atoms with Gasteiger partial charge in [-0.15, -0.1) is 11.3 Å². The number of thiazole rings is 1. The maximum absolute atomic E-state index is 4.66. The molecule has 0 amide bonds. The zero-order valence-electron chi connectivity index (χ0n) is 9.76. The Morgan fingerprint density at radius 3 is 3.24 bits per heavy atom. The van der Waals surface area contributed by atoms with Crippen LogP contribution in [0.25, 0.3) is 0 Å². The SMILES string of the molecule is c1ncc(CN=C2NC3CCCCC3CS2)s1. The van der Waals surface area contributed by atoms with Crippen LogP contribution in [0.15, 0.2) is 16.7 Å². The average molecular weight is 267 g/mol. The van der Waals surface area contributed by atoms with Crippen LogP contribution in [0.3, 0.4) is 0 Å². The largest absolute Gasteiger partial charge is 0.362 e. The summed E-state index contributed by atoms with van der Waals surface area (Å²) in [5.41, 5.74) is 1.87. The van der Waals surface area contributed by atoms with Gasteiger partial charge < -0.3 is 5.32 Å². The van der Waals surface area contributed by atoms with Gasteiger partial charge in [-0.25, -0.2) is 0 Å². The summed E-state index contributed by atoms with van der Waals surface area (Å²) in [7, 11) is 0. The normalized spacial score (nSPS) is 30.9. The number of aromatic nitrogens is 1. The molecule has 3 nitrogen and oxygen atoms in total. The number of thioether (sulfide) groups is 1. The Morgan fingerprint density at radius 1 is 1.41 bits per heavy atom. The van der Waals surface area contributed by atoms with Gasteiger partial charge in [0.05, 0.1) is 12.1 Å². The quantitative estimate of drug-likeness (QED) is 0.895. The maximum atomic E-state index is 4.66. The zero-order chi connectivity index (χ0) is 11.5. The van der Waals surface area contributed by atoms with E-state index in [0.29, 0.717) is 6.04 Å². The van der Waals surface area contributed by atoms with Crippen LogP contribution >= 0.6 is 23.1 Å². The summed E-state index contributed by atoms with van der Waals surface area (Å²) in [6, 6.07) is 0.685. The van der Waals surface area contributed by atoms with Crippen LogP contribution in [0.5, 0.6) is 0 Å². The van der Waals surface area contributed by atoms with Crippen molar-refractivity contribution in [3.63, 3.8) is 0 Å². The fraction of sp³-hybridized carbons (Fsp3) is 0.667. The fourth-order valence-corrected chi connectivity index (χ4v) is 4.22. The van der Waals surface area contributed by atoms with E-state index in [-0.39, 0.29) is 0 Å². The van der Waals surface area contributed by atoms with Crippen molar-refractivity contribution in [2.75, 3.05) is 5.75 Å². The highest BCUT2D eigenvalue weighted by Gasteiger charge is 2.29. The van der Waals surface area contributed by atoms with Gasteiger partial charge in [0, 0.05) is 22.9 Å². The Balaban J connectivity index is 1.59. The summed E-state index contributed by atoms with van der Waals surface area (Å²) in [6.07, 6.45) is 7.42. The molecule has 1 N–H and O–H groups in total. The molecule has 1 aromatic heterocycles. The van der Waals surface area contributed by atoms with E-state index in [1.807, 2.05) is 23.5 Å². The van der Waals surface area contributed by atoms with Gasteiger partial charge in [0.25, 0.3) is 0 Å². The summed E-state index contributed by atoms with van der Waals surface area (Å²) in [4.78, 5) is 9.97. The smallest absolute Gasteiger partial charge is 0.157 e. The lowest BCUT2D eigenvalue weighted by molar-refractivity contribution is 0.311. The van der Waals surface area contributed by atoms with E-state index >= 15 is 0 Å². The van der Waals surface area contributed by atoms with Crippen LogP contribution in [0.1, 0.15) is 30.6 Å². The van der Waals surface area contributed by atoms with Crippen LogP contribution in [-0.2, 0) is 6.54 Å². The van der Waals surface area contributed by atoms with Crippen LogP contribution in [0.2, 0.25) is 0 Å². The molecule has 2 aliphatic rings. The van der Waals surface area contributed by atoms with E-state index in [1.165, 1.54) is 36.3 Å². The summed E-state index contributed by atoms with van der Waals surface area (Å²) < 4.78 is 0. The molecule has 92 valence electrons. The molecule has 2 heterocycles. The minimum atomic E-state index is 0.685. The summed E-state index contributed by atoms with van der Waals surface area (Å²) in [5, 5.41) is 4.76. The third kappa shape index (κ3) is 2.83. The molecule has 1 aromatic rings. The standard InChI is InChI=1S/C12H17N3S2/c1-2-4-11-9(3-1)7-16-12(15-11)14-6-10-5-13-8-17-10/h5,8-9,11H,1-4,6-7H2,(H,14,15). The lowest BCUT2D eigenvalue weighted by atomic mass is 9.86. The van der Waals surface area contributed by atoms with E-state index in [0.717, 1.165) is 17.6 Å². The minimum Gasteiger partial charge on any atom is -0.362 e. The Hall–Kier alpha value is -0.550. The van der Waals surface area contributed by atoms with Gasteiger partial charge >= 0.3 is 0 Å². The first-order valence-electron chi connectivity index (χ1n) is 6.23. The Morgan fingerprint density at radius 2 is 2.35 bits per heavy atom. The molecule has 0 radical (unpaired) electrons. The molecule has 5 heteroatoms. The monoisotopic (exact) mass is 267 g/mol. The predicted octanol–water partition coefficient (Wildman–Crippen LogP) is 2.89. The van der Waals surface area contributed by atoms with Gasteiger partial charge in [-0.2, -0.15) is 0 Å². The van der Waals surface area contributed by atoms with Gasteiger partial charge in [-0.1, -0.05) is 24.6 Å². The summed E-state index contributed by atoms with van der Waals surface area (Å²) >= 11 is 3.57. The van der Waals surface area contributed by atoms with Gasteiger partial charge in [-0.3, -0.25) is 9.98 Å². The minimum absolute atomic E-state index is 0.685. The number of hydrogen-bond donors (Lipinski definition) is 1. The second-order valence-corrected chi connectivity index (χ2v) is 6.68. The first-order chi connectivity index (χ1) is 8.42. The highest BCUT2D eigenvalue weighted by atomic mass is 32.2. The first kappa shape index (κ1) is 11.5. The van der Waals surface area contributed by atoms with E-state index in [4.69, 9.17) is 0 Å². The van der Waals surface area contributed by atoms with E-state index in [1.54, 1.807) is 11.3 Å². The lowest BCUT2D eigenvalue weighted by Crippen LogP contribution is -2.46. The number of aliphatic imine (C=N–C) groups is 1. The molecule has 0 bridgehead atoms. The van der Waals surface area contributed by atoms with E-state index in [9.17, 15) is 0 Å². The molecule has 1 saturated carbocycles. The average Bonchev–Trinajstić information content (AvgIpc) is 2.89. The molecular formula is C12H17N3S2. The molecule has 2 atom stereocenters. The molecule has 2 unspecified atom stereocenters. The van der Waals surface area contributed by atoms with Crippen LogP contribution in [0.4, 0.5) is 0 Å². The first-order valence-corrected chi connectivity index (χ1v) is 8.09. The van der Waals surface area contributed by atoms with E-state index < -0.39 is 0 Å². The summed E-state index contributed by atoms with van der Waals surface area (Å²) in [6.45, 7) is 0.775. The number of rotatable bonds is 2. The second kappa shape index (κ2) is 5.40. The maximum Gasteiger partial charge on any atom is 0.157 e. The third-order valence-electron chi connectivity index (χ3n) is 3.51. The van der Waals surface area contributed by atoms with Crippen molar-refractivity contribution in [1.29, 1.82) is 0 Å². The number of fused-ring (bicyclic) bond motifs is 1. The fourth-order valence-electron chi connectivity index (χ4n) is 2.54. The van der Waals surface area contributed by atoms with Crippen molar-refractivity contribution in [2.45, 2.75) is 38.3 Å². The number of hydrogen-bond acceptors (Lipinski definition) is 4. The van der Waals surface area contributed by atoms with E-state index in [2.05, 4.69) is 15.3 Å². The second-order valence-electron chi connectivity index (χ2n) is 4.70. The Bertz CT molecular complexity index is 388. The van der Waals surface area contributed by atoms with Crippen LogP contribution in [-0.4, -0.2) is 21.9 Å². The molecule has 1 aliphatic carbocycles. The van der Waals surface area contributed by atoms with Crippen molar-refractivity contribution in [2.24, 2.45) is 10.9 Å². The van der Waals surface area contributed by atoms with Crippen molar-refractivity contribution in [3.8, 4) is 0 Å². The molecule has 0 spiro atoms. The molecule has 1 aliphatic heterocycles.